The Hall–Kier alpha value is -0.340. The van der Waals surface area contributed by atoms with Gasteiger partial charge in [-0.25, -0.2) is 0 Å². The van der Waals surface area contributed by atoms with Crippen LogP contribution in [0.25, 0.3) is 0 Å². The molecule has 0 bridgehead atoms. The molecule has 1 nitrogen and oxygen atoms in total. The summed E-state index contributed by atoms with van der Waals surface area (Å²) < 4.78 is 1.19. The maximum absolute atomic E-state index is 3.58. The average Bonchev–Trinajstić information content (AvgIpc) is 2.32. The van der Waals surface area contributed by atoms with Gasteiger partial charge < -0.3 is 5.32 Å². The van der Waals surface area contributed by atoms with E-state index >= 15 is 0 Å². The highest BCUT2D eigenvalue weighted by molar-refractivity contribution is 9.10. The van der Waals surface area contributed by atoms with Crippen molar-refractivity contribution in [3.05, 3.63) is 34.3 Å². The highest BCUT2D eigenvalue weighted by Gasteiger charge is 2.10. The maximum atomic E-state index is 3.58. The van der Waals surface area contributed by atoms with Crippen LogP contribution in [0.5, 0.6) is 0 Å². The molecule has 1 atom stereocenters. The van der Waals surface area contributed by atoms with Crippen molar-refractivity contribution in [2.24, 2.45) is 5.92 Å². The summed E-state index contributed by atoms with van der Waals surface area (Å²) in [5, 5.41) is 3.58. The molecule has 18 heavy (non-hydrogen) atoms. The minimum Gasteiger partial charge on any atom is -0.314 e. The normalized spacial score (nSPS) is 12.9. The van der Waals surface area contributed by atoms with E-state index < -0.39 is 0 Å². The Morgan fingerprint density at radius 1 is 1.28 bits per heavy atom. The fourth-order valence-electron chi connectivity index (χ4n) is 2.17. The first-order valence-electron chi connectivity index (χ1n) is 7.09. The van der Waals surface area contributed by atoms with Gasteiger partial charge in [-0.15, -0.1) is 0 Å². The smallest absolute Gasteiger partial charge is 0.0177 e. The number of unbranched alkanes of at least 4 members (excludes halogenated alkanes) is 1. The summed E-state index contributed by atoms with van der Waals surface area (Å²) >= 11 is 3.55. The van der Waals surface area contributed by atoms with Gasteiger partial charge in [-0.05, 0) is 43.0 Å². The molecule has 1 unspecified atom stereocenters. The lowest BCUT2D eigenvalue weighted by atomic mass is 9.94. The predicted molar refractivity (Wildman–Crippen MR) is 84.0 cm³/mol. The number of halogens is 1. The number of rotatable bonds is 8. The second kappa shape index (κ2) is 8.71. The lowest BCUT2D eigenvalue weighted by molar-refractivity contribution is 0.410. The monoisotopic (exact) mass is 311 g/mol. The van der Waals surface area contributed by atoms with E-state index in [4.69, 9.17) is 0 Å². The Morgan fingerprint density at radius 2 is 2.06 bits per heavy atom. The van der Waals surface area contributed by atoms with Crippen LogP contribution in [0.3, 0.4) is 0 Å². The summed E-state index contributed by atoms with van der Waals surface area (Å²) in [6, 6.07) is 9.29. The van der Waals surface area contributed by atoms with Crippen molar-refractivity contribution in [3.63, 3.8) is 0 Å². The molecule has 0 aliphatic carbocycles. The zero-order valence-corrected chi connectivity index (χ0v) is 13.5. The van der Waals surface area contributed by atoms with E-state index in [0.29, 0.717) is 6.04 Å². The van der Waals surface area contributed by atoms with Gasteiger partial charge in [0.25, 0.3) is 0 Å². The van der Waals surface area contributed by atoms with E-state index in [9.17, 15) is 0 Å². The van der Waals surface area contributed by atoms with E-state index in [1.54, 1.807) is 0 Å². The van der Waals surface area contributed by atoms with Gasteiger partial charge in [0, 0.05) is 10.5 Å². The molecule has 0 saturated heterocycles. The number of hydrogen-bond acceptors (Lipinski definition) is 1. The third kappa shape index (κ3) is 6.55. The van der Waals surface area contributed by atoms with E-state index in [-0.39, 0.29) is 0 Å². The van der Waals surface area contributed by atoms with Crippen molar-refractivity contribution in [1.82, 2.24) is 5.32 Å². The van der Waals surface area contributed by atoms with Crippen LogP contribution in [0.15, 0.2) is 28.7 Å². The summed E-state index contributed by atoms with van der Waals surface area (Å²) in [5.74, 6) is 0.752. The first kappa shape index (κ1) is 15.7. The van der Waals surface area contributed by atoms with Crippen molar-refractivity contribution in [3.8, 4) is 0 Å². The fraction of sp³-hybridized carbons (Fsp3) is 0.625. The molecule has 1 N–H and O–H groups in total. The van der Waals surface area contributed by atoms with Crippen LogP contribution >= 0.6 is 15.9 Å². The van der Waals surface area contributed by atoms with Gasteiger partial charge in [0.05, 0.1) is 0 Å². The minimum atomic E-state index is 0.580. The second-order valence-corrected chi connectivity index (χ2v) is 6.32. The predicted octanol–water partition coefficient (Wildman–Crippen LogP) is 4.80. The van der Waals surface area contributed by atoms with Gasteiger partial charge in [-0.2, -0.15) is 0 Å². The molecule has 0 aliphatic rings. The molecular formula is C16H26BrN. The zero-order chi connectivity index (χ0) is 13.4. The zero-order valence-electron chi connectivity index (χ0n) is 11.9. The third-order valence-electron chi connectivity index (χ3n) is 3.19. The van der Waals surface area contributed by atoms with Crippen molar-refractivity contribution in [2.45, 2.75) is 52.5 Å². The Balaban J connectivity index is 2.53. The molecule has 0 fully saturated rings. The van der Waals surface area contributed by atoms with Crippen LogP contribution < -0.4 is 5.32 Å². The largest absolute Gasteiger partial charge is 0.314 e. The fourth-order valence-corrected chi connectivity index (χ4v) is 2.62. The molecule has 2 heteroatoms. The van der Waals surface area contributed by atoms with Crippen molar-refractivity contribution < 1.29 is 0 Å². The first-order valence-corrected chi connectivity index (χ1v) is 7.89. The number of hydrogen-bond donors (Lipinski definition) is 1. The molecule has 0 heterocycles. The average molecular weight is 312 g/mol. The van der Waals surface area contributed by atoms with Crippen LogP contribution in [0, 0.1) is 5.92 Å². The second-order valence-electron chi connectivity index (χ2n) is 5.41. The minimum absolute atomic E-state index is 0.580. The maximum Gasteiger partial charge on any atom is 0.0177 e. The lowest BCUT2D eigenvalue weighted by Gasteiger charge is -2.19. The van der Waals surface area contributed by atoms with E-state index in [0.717, 1.165) is 12.5 Å². The van der Waals surface area contributed by atoms with Gasteiger partial charge in [0.1, 0.15) is 0 Å². The van der Waals surface area contributed by atoms with E-state index in [1.165, 1.54) is 35.7 Å². The molecule has 0 amide bonds. The molecule has 0 spiro atoms. The van der Waals surface area contributed by atoms with E-state index in [2.05, 4.69) is 66.3 Å². The van der Waals surface area contributed by atoms with Crippen molar-refractivity contribution >= 4 is 15.9 Å². The van der Waals surface area contributed by atoms with Crippen LogP contribution in [0.1, 0.15) is 45.6 Å². The van der Waals surface area contributed by atoms with Crippen molar-refractivity contribution in [2.75, 3.05) is 6.54 Å². The summed E-state index contributed by atoms with van der Waals surface area (Å²) in [5.41, 5.74) is 1.44. The summed E-state index contributed by atoms with van der Waals surface area (Å²) in [7, 11) is 0. The molecule has 102 valence electrons. The quantitative estimate of drug-likeness (QED) is 0.727. The van der Waals surface area contributed by atoms with Gasteiger partial charge in [-0.3, -0.25) is 0 Å². The van der Waals surface area contributed by atoms with Crippen LogP contribution in [0.2, 0.25) is 0 Å². The summed E-state index contributed by atoms with van der Waals surface area (Å²) in [4.78, 5) is 0. The van der Waals surface area contributed by atoms with Gasteiger partial charge >= 0.3 is 0 Å². The Bertz CT molecular complexity index is 336. The lowest BCUT2D eigenvalue weighted by Crippen LogP contribution is -2.30. The molecule has 0 aromatic heterocycles. The highest BCUT2D eigenvalue weighted by Crippen LogP contribution is 2.18. The Labute approximate surface area is 120 Å². The first-order chi connectivity index (χ1) is 8.61. The summed E-state index contributed by atoms with van der Waals surface area (Å²) in [6.07, 6.45) is 5.12. The molecule has 0 radical (unpaired) electrons. The molecule has 1 aromatic carbocycles. The molecule has 0 aliphatic heterocycles. The van der Waals surface area contributed by atoms with Crippen molar-refractivity contribution in [1.29, 1.82) is 0 Å². The van der Waals surface area contributed by atoms with Gasteiger partial charge in [-0.1, -0.05) is 61.7 Å². The van der Waals surface area contributed by atoms with Gasteiger partial charge in [0.15, 0.2) is 0 Å². The van der Waals surface area contributed by atoms with Gasteiger partial charge in [0.2, 0.25) is 0 Å². The van der Waals surface area contributed by atoms with E-state index in [1.807, 2.05) is 0 Å². The summed E-state index contributed by atoms with van der Waals surface area (Å²) in [6.45, 7) is 7.84. The topological polar surface area (TPSA) is 12.0 Å². The molecule has 1 rings (SSSR count). The standard InChI is InChI=1S/C16H26BrN/c1-4-5-7-15(12-18-13(2)3)10-14-8-6-9-16(17)11-14/h6,8-9,11,13,15,18H,4-5,7,10,12H2,1-3H3. The highest BCUT2D eigenvalue weighted by atomic mass is 79.9. The number of benzene rings is 1. The van der Waals surface area contributed by atoms with Crippen LogP contribution in [0.4, 0.5) is 0 Å². The van der Waals surface area contributed by atoms with Crippen LogP contribution in [-0.2, 0) is 6.42 Å². The molecule has 1 aromatic rings. The Morgan fingerprint density at radius 3 is 2.67 bits per heavy atom. The third-order valence-corrected chi connectivity index (χ3v) is 3.69. The Kier molecular flexibility index (Phi) is 7.60. The van der Waals surface area contributed by atoms with Crippen LogP contribution in [-0.4, -0.2) is 12.6 Å². The molecular weight excluding hydrogens is 286 g/mol. The SMILES string of the molecule is CCCCC(CNC(C)C)Cc1cccc(Br)c1. The number of nitrogens with one attached hydrogen (secondary N) is 1. The molecule has 0 saturated carbocycles.